The van der Waals surface area contributed by atoms with Gasteiger partial charge < -0.3 is 10.5 Å². The summed E-state index contributed by atoms with van der Waals surface area (Å²) in [5.41, 5.74) is 7.75. The monoisotopic (exact) mass is 253 g/mol. The van der Waals surface area contributed by atoms with Gasteiger partial charge in [-0.3, -0.25) is 0 Å². The number of rotatable bonds is 3. The van der Waals surface area contributed by atoms with Crippen LogP contribution in [-0.4, -0.2) is 12.1 Å². The van der Waals surface area contributed by atoms with E-state index in [1.807, 2.05) is 13.8 Å². The van der Waals surface area contributed by atoms with E-state index in [4.69, 9.17) is 10.5 Å². The molecule has 1 aliphatic carbocycles. The fourth-order valence-corrected chi connectivity index (χ4v) is 3.28. The minimum Gasteiger partial charge on any atom is -0.459 e. The minimum absolute atomic E-state index is 0.0407. The molecule has 0 spiro atoms. The highest BCUT2D eigenvalue weighted by atomic mass is 32.1. The standard InChI is InChI=1S/C13H19NO2S/c1-3-8(2)16-13(15)11-9-6-4-5-7-10(9)17-12(11)14/h8H,3-7,14H2,1-2H3/t8-/m0/s1. The van der Waals surface area contributed by atoms with Crippen molar-refractivity contribution in [1.29, 1.82) is 0 Å². The van der Waals surface area contributed by atoms with Gasteiger partial charge in [0.2, 0.25) is 0 Å². The molecule has 2 rings (SSSR count). The van der Waals surface area contributed by atoms with Crippen LogP contribution in [-0.2, 0) is 17.6 Å². The summed E-state index contributed by atoms with van der Waals surface area (Å²) in [4.78, 5) is 13.4. The second kappa shape index (κ2) is 5.08. The normalized spacial score (nSPS) is 16.4. The fraction of sp³-hybridized carbons (Fsp3) is 0.615. The summed E-state index contributed by atoms with van der Waals surface area (Å²) in [7, 11) is 0. The molecular weight excluding hydrogens is 234 g/mol. The van der Waals surface area contributed by atoms with Crippen molar-refractivity contribution < 1.29 is 9.53 Å². The lowest BCUT2D eigenvalue weighted by molar-refractivity contribution is 0.0335. The molecule has 17 heavy (non-hydrogen) atoms. The predicted molar refractivity (Wildman–Crippen MR) is 70.5 cm³/mol. The number of hydrogen-bond donors (Lipinski definition) is 1. The van der Waals surface area contributed by atoms with E-state index in [9.17, 15) is 4.79 Å². The number of esters is 1. The fourth-order valence-electron chi connectivity index (χ4n) is 2.14. The van der Waals surface area contributed by atoms with Crippen LogP contribution in [0.5, 0.6) is 0 Å². The Kier molecular flexibility index (Phi) is 3.72. The summed E-state index contributed by atoms with van der Waals surface area (Å²) in [6.07, 6.45) is 5.16. The molecule has 1 heterocycles. The number of carbonyl (C=O) groups excluding carboxylic acids is 1. The van der Waals surface area contributed by atoms with Gasteiger partial charge in [0.1, 0.15) is 5.00 Å². The van der Waals surface area contributed by atoms with Crippen molar-refractivity contribution in [3.8, 4) is 0 Å². The Hall–Kier alpha value is -1.03. The third-order valence-electron chi connectivity index (χ3n) is 3.29. The van der Waals surface area contributed by atoms with E-state index in [0.29, 0.717) is 10.6 Å². The van der Waals surface area contributed by atoms with Crippen molar-refractivity contribution >= 4 is 22.3 Å². The van der Waals surface area contributed by atoms with Gasteiger partial charge in [0.05, 0.1) is 11.7 Å². The SMILES string of the molecule is CC[C@H](C)OC(=O)c1c(N)sc2c1CCCC2. The molecular formula is C13H19NO2S. The number of anilines is 1. The van der Waals surface area contributed by atoms with Gasteiger partial charge in [0.25, 0.3) is 0 Å². The van der Waals surface area contributed by atoms with Gasteiger partial charge in [0, 0.05) is 4.88 Å². The number of ether oxygens (including phenoxy) is 1. The molecule has 0 fully saturated rings. The number of nitrogen functional groups attached to an aromatic ring is 1. The molecule has 4 heteroatoms. The molecule has 3 nitrogen and oxygen atoms in total. The molecule has 0 aliphatic heterocycles. The highest BCUT2D eigenvalue weighted by Gasteiger charge is 2.25. The van der Waals surface area contributed by atoms with Crippen molar-refractivity contribution in [1.82, 2.24) is 0 Å². The Morgan fingerprint density at radius 1 is 1.47 bits per heavy atom. The molecule has 94 valence electrons. The third-order valence-corrected chi connectivity index (χ3v) is 4.41. The van der Waals surface area contributed by atoms with Gasteiger partial charge in [-0.25, -0.2) is 4.79 Å². The highest BCUT2D eigenvalue weighted by molar-refractivity contribution is 7.16. The van der Waals surface area contributed by atoms with Gasteiger partial charge in [-0.05, 0) is 44.6 Å². The topological polar surface area (TPSA) is 52.3 Å². The van der Waals surface area contributed by atoms with Crippen LogP contribution in [0.4, 0.5) is 5.00 Å². The molecule has 1 aliphatic rings. The Balaban J connectivity index is 2.25. The predicted octanol–water partition coefficient (Wildman–Crippen LogP) is 3.16. The van der Waals surface area contributed by atoms with Gasteiger partial charge >= 0.3 is 5.97 Å². The largest absolute Gasteiger partial charge is 0.459 e. The zero-order chi connectivity index (χ0) is 12.4. The van der Waals surface area contributed by atoms with Gasteiger partial charge in [-0.15, -0.1) is 11.3 Å². The summed E-state index contributed by atoms with van der Waals surface area (Å²) < 4.78 is 5.38. The molecule has 1 aromatic heterocycles. The maximum absolute atomic E-state index is 12.1. The molecule has 0 aromatic carbocycles. The molecule has 0 saturated carbocycles. The smallest absolute Gasteiger partial charge is 0.341 e. The van der Waals surface area contributed by atoms with Crippen LogP contribution in [0.2, 0.25) is 0 Å². The van der Waals surface area contributed by atoms with Crippen molar-refractivity contribution in [3.05, 3.63) is 16.0 Å². The van der Waals surface area contributed by atoms with Gasteiger partial charge in [-0.2, -0.15) is 0 Å². The van der Waals surface area contributed by atoms with E-state index in [0.717, 1.165) is 31.2 Å². The molecule has 2 N–H and O–H groups in total. The van der Waals surface area contributed by atoms with Crippen LogP contribution in [0.25, 0.3) is 0 Å². The van der Waals surface area contributed by atoms with E-state index < -0.39 is 0 Å². The molecule has 1 aromatic rings. The molecule has 0 amide bonds. The third kappa shape index (κ3) is 2.46. The van der Waals surface area contributed by atoms with Crippen molar-refractivity contribution in [3.63, 3.8) is 0 Å². The van der Waals surface area contributed by atoms with E-state index in [1.54, 1.807) is 11.3 Å². The van der Waals surface area contributed by atoms with E-state index in [2.05, 4.69) is 0 Å². The Morgan fingerprint density at radius 3 is 2.88 bits per heavy atom. The van der Waals surface area contributed by atoms with Crippen LogP contribution >= 0.6 is 11.3 Å². The summed E-state index contributed by atoms with van der Waals surface area (Å²) in [5.74, 6) is -0.240. The zero-order valence-electron chi connectivity index (χ0n) is 10.4. The van der Waals surface area contributed by atoms with Gasteiger partial charge in [0.15, 0.2) is 0 Å². The summed E-state index contributed by atoms with van der Waals surface area (Å²) in [6, 6.07) is 0. The Labute approximate surface area is 106 Å². The first kappa shape index (κ1) is 12.4. The molecule has 0 bridgehead atoms. The van der Waals surface area contributed by atoms with E-state index in [-0.39, 0.29) is 12.1 Å². The van der Waals surface area contributed by atoms with Crippen molar-refractivity contribution in [2.75, 3.05) is 5.73 Å². The van der Waals surface area contributed by atoms with E-state index >= 15 is 0 Å². The van der Waals surface area contributed by atoms with Crippen LogP contribution in [0.1, 0.15) is 53.9 Å². The molecule has 0 unspecified atom stereocenters. The zero-order valence-corrected chi connectivity index (χ0v) is 11.2. The first-order chi connectivity index (χ1) is 8.13. The minimum atomic E-state index is -0.240. The summed E-state index contributed by atoms with van der Waals surface area (Å²) >= 11 is 1.56. The second-order valence-electron chi connectivity index (χ2n) is 4.57. The number of thiophene rings is 1. The summed E-state index contributed by atoms with van der Waals surface area (Å²) in [6.45, 7) is 3.91. The number of nitrogens with two attached hydrogens (primary N) is 1. The Bertz CT molecular complexity index is 425. The quantitative estimate of drug-likeness (QED) is 0.842. The first-order valence-electron chi connectivity index (χ1n) is 6.24. The first-order valence-corrected chi connectivity index (χ1v) is 7.06. The maximum Gasteiger partial charge on any atom is 0.341 e. The van der Waals surface area contributed by atoms with Crippen molar-refractivity contribution in [2.45, 2.75) is 52.1 Å². The number of hydrogen-bond acceptors (Lipinski definition) is 4. The lowest BCUT2D eigenvalue weighted by atomic mass is 9.95. The van der Waals surface area contributed by atoms with E-state index in [1.165, 1.54) is 11.3 Å². The lowest BCUT2D eigenvalue weighted by Gasteiger charge is -2.14. The lowest BCUT2D eigenvalue weighted by Crippen LogP contribution is -2.16. The highest BCUT2D eigenvalue weighted by Crippen LogP contribution is 2.36. The van der Waals surface area contributed by atoms with Crippen LogP contribution in [0.3, 0.4) is 0 Å². The Morgan fingerprint density at radius 2 is 2.18 bits per heavy atom. The average Bonchev–Trinajstić information content (AvgIpc) is 2.64. The van der Waals surface area contributed by atoms with Crippen molar-refractivity contribution in [2.24, 2.45) is 0 Å². The number of aryl methyl sites for hydroxylation is 1. The average molecular weight is 253 g/mol. The molecule has 0 saturated heterocycles. The summed E-state index contributed by atoms with van der Waals surface area (Å²) in [5, 5.41) is 0.630. The second-order valence-corrected chi connectivity index (χ2v) is 5.71. The maximum atomic E-state index is 12.1. The molecule has 1 atom stereocenters. The van der Waals surface area contributed by atoms with Crippen LogP contribution in [0.15, 0.2) is 0 Å². The van der Waals surface area contributed by atoms with Crippen LogP contribution in [0, 0.1) is 0 Å². The molecule has 0 radical (unpaired) electrons. The number of carbonyl (C=O) groups is 1. The number of fused-ring (bicyclic) bond motifs is 1. The van der Waals surface area contributed by atoms with Gasteiger partial charge in [-0.1, -0.05) is 6.92 Å². The van der Waals surface area contributed by atoms with Crippen LogP contribution < -0.4 is 5.73 Å².